The van der Waals surface area contributed by atoms with E-state index in [0.717, 1.165) is 82.1 Å². The van der Waals surface area contributed by atoms with E-state index in [1.54, 1.807) is 0 Å². The highest BCUT2D eigenvalue weighted by molar-refractivity contribution is 5.79. The summed E-state index contributed by atoms with van der Waals surface area (Å²) in [5.41, 5.74) is 1.80. The van der Waals surface area contributed by atoms with Crippen molar-refractivity contribution in [1.82, 2.24) is 14.8 Å². The lowest BCUT2D eigenvalue weighted by atomic mass is 9.92. The maximum absolute atomic E-state index is 12.9. The fourth-order valence-corrected chi connectivity index (χ4v) is 5.48. The minimum Gasteiger partial charge on any atom is -0.423 e. The molecule has 0 saturated carbocycles. The molecule has 30 heavy (non-hydrogen) atoms. The summed E-state index contributed by atoms with van der Waals surface area (Å²) in [6.07, 6.45) is 9.27. The number of anilines is 1. The molecule has 6 heteroatoms. The van der Waals surface area contributed by atoms with E-state index in [2.05, 4.69) is 19.7 Å². The fourth-order valence-electron chi connectivity index (χ4n) is 5.48. The number of amides is 1. The molecule has 4 heterocycles. The third kappa shape index (κ3) is 4.20. The number of rotatable bonds is 3. The molecule has 3 saturated heterocycles. The highest BCUT2D eigenvalue weighted by atomic mass is 16.4. The summed E-state index contributed by atoms with van der Waals surface area (Å²) in [5.74, 6) is 0.682. The first kappa shape index (κ1) is 19.9. The zero-order chi connectivity index (χ0) is 20.3. The van der Waals surface area contributed by atoms with Gasteiger partial charge in [0.1, 0.15) is 5.52 Å². The lowest BCUT2D eigenvalue weighted by molar-refractivity contribution is -0.137. The van der Waals surface area contributed by atoms with Crippen molar-refractivity contribution in [2.45, 2.75) is 57.4 Å². The molecule has 0 radical (unpaired) electrons. The number of likely N-dealkylation sites (tertiary alicyclic amines) is 2. The summed E-state index contributed by atoms with van der Waals surface area (Å²) >= 11 is 0. The van der Waals surface area contributed by atoms with Crippen molar-refractivity contribution in [3.05, 3.63) is 24.3 Å². The van der Waals surface area contributed by atoms with Crippen LogP contribution in [0.1, 0.15) is 51.4 Å². The number of hydrogen-bond donors (Lipinski definition) is 0. The van der Waals surface area contributed by atoms with Crippen LogP contribution in [0.15, 0.2) is 28.7 Å². The van der Waals surface area contributed by atoms with Crippen LogP contribution in [0.2, 0.25) is 0 Å². The molecule has 0 N–H and O–H groups in total. The molecule has 162 valence electrons. The minimum atomic E-state index is 0.249. The zero-order valence-electron chi connectivity index (χ0n) is 18.0. The third-order valence-electron chi connectivity index (χ3n) is 7.33. The Kier molecular flexibility index (Phi) is 5.93. The summed E-state index contributed by atoms with van der Waals surface area (Å²) in [5, 5.41) is 0. The second-order valence-corrected chi connectivity index (χ2v) is 9.23. The van der Waals surface area contributed by atoms with Crippen LogP contribution in [0.5, 0.6) is 0 Å². The maximum atomic E-state index is 12.9. The molecule has 0 unspecified atom stereocenters. The maximum Gasteiger partial charge on any atom is 0.298 e. The van der Waals surface area contributed by atoms with Crippen LogP contribution in [0.3, 0.4) is 0 Å². The van der Waals surface area contributed by atoms with Crippen molar-refractivity contribution in [3.63, 3.8) is 0 Å². The van der Waals surface area contributed by atoms with E-state index >= 15 is 0 Å². The van der Waals surface area contributed by atoms with Crippen LogP contribution in [-0.2, 0) is 4.79 Å². The van der Waals surface area contributed by atoms with Gasteiger partial charge in [0.15, 0.2) is 5.58 Å². The lowest BCUT2D eigenvalue weighted by Gasteiger charge is -2.41. The third-order valence-corrected chi connectivity index (χ3v) is 7.33. The Morgan fingerprint density at radius 3 is 2.27 bits per heavy atom. The lowest BCUT2D eigenvalue weighted by Crippen LogP contribution is -2.49. The van der Waals surface area contributed by atoms with Crippen LogP contribution in [0.4, 0.5) is 6.01 Å². The van der Waals surface area contributed by atoms with E-state index in [-0.39, 0.29) is 5.92 Å². The van der Waals surface area contributed by atoms with Gasteiger partial charge in [-0.15, -0.1) is 0 Å². The number of fused-ring (bicyclic) bond motifs is 1. The summed E-state index contributed by atoms with van der Waals surface area (Å²) < 4.78 is 5.95. The molecular weight excluding hydrogens is 376 g/mol. The van der Waals surface area contributed by atoms with Gasteiger partial charge in [0.05, 0.1) is 0 Å². The number of oxazole rings is 1. The monoisotopic (exact) mass is 410 g/mol. The van der Waals surface area contributed by atoms with Crippen molar-refractivity contribution in [2.75, 3.05) is 44.2 Å². The van der Waals surface area contributed by atoms with E-state index in [1.165, 1.54) is 25.7 Å². The van der Waals surface area contributed by atoms with Gasteiger partial charge in [-0.2, -0.15) is 4.98 Å². The first-order valence-corrected chi connectivity index (χ1v) is 11.9. The minimum absolute atomic E-state index is 0.249. The Morgan fingerprint density at radius 2 is 1.57 bits per heavy atom. The first-order valence-electron chi connectivity index (χ1n) is 11.9. The van der Waals surface area contributed by atoms with Crippen LogP contribution in [-0.4, -0.2) is 66.0 Å². The van der Waals surface area contributed by atoms with Gasteiger partial charge >= 0.3 is 0 Å². The number of para-hydroxylation sites is 2. The summed E-state index contributed by atoms with van der Waals surface area (Å²) in [4.78, 5) is 24.7. The highest BCUT2D eigenvalue weighted by Gasteiger charge is 2.33. The smallest absolute Gasteiger partial charge is 0.298 e. The summed E-state index contributed by atoms with van der Waals surface area (Å²) in [7, 11) is 0. The molecule has 6 nitrogen and oxygen atoms in total. The van der Waals surface area contributed by atoms with Crippen LogP contribution < -0.4 is 4.90 Å². The van der Waals surface area contributed by atoms with Crippen molar-refractivity contribution < 1.29 is 9.21 Å². The van der Waals surface area contributed by atoms with Gasteiger partial charge in [0.2, 0.25) is 5.91 Å². The van der Waals surface area contributed by atoms with E-state index in [1.807, 2.05) is 24.3 Å². The fraction of sp³-hybridized carbons (Fsp3) is 0.667. The van der Waals surface area contributed by atoms with Crippen molar-refractivity contribution >= 4 is 23.0 Å². The van der Waals surface area contributed by atoms with Crippen molar-refractivity contribution in [3.8, 4) is 0 Å². The van der Waals surface area contributed by atoms with Gasteiger partial charge in [0, 0.05) is 38.1 Å². The Morgan fingerprint density at radius 1 is 0.867 bits per heavy atom. The van der Waals surface area contributed by atoms with Gasteiger partial charge in [0.25, 0.3) is 6.01 Å². The Balaban J connectivity index is 1.11. The number of piperidine rings is 2. The number of hydrogen-bond acceptors (Lipinski definition) is 5. The molecule has 3 aliphatic heterocycles. The summed E-state index contributed by atoms with van der Waals surface area (Å²) in [6.45, 7) is 6.07. The predicted octanol–water partition coefficient (Wildman–Crippen LogP) is 3.91. The second kappa shape index (κ2) is 8.96. The van der Waals surface area contributed by atoms with Crippen LogP contribution in [0, 0.1) is 5.92 Å². The molecule has 1 amide bonds. The molecule has 3 aliphatic rings. The standard InChI is InChI=1S/C24H34N4O2/c29-23(27-13-5-1-2-6-14-27)19-9-15-26(16-10-19)20-11-17-28(18-12-20)24-25-21-7-3-4-8-22(21)30-24/h3-4,7-8,19-20H,1-2,5-6,9-18H2. The molecule has 0 bridgehead atoms. The summed E-state index contributed by atoms with van der Waals surface area (Å²) in [6, 6.07) is 9.37. The van der Waals surface area contributed by atoms with Crippen molar-refractivity contribution in [1.29, 1.82) is 0 Å². The van der Waals surface area contributed by atoms with E-state index < -0.39 is 0 Å². The van der Waals surface area contributed by atoms with Crippen LogP contribution in [0.25, 0.3) is 11.1 Å². The predicted molar refractivity (Wildman–Crippen MR) is 119 cm³/mol. The average Bonchev–Trinajstić information content (AvgIpc) is 3.05. The number of aromatic nitrogens is 1. The molecule has 1 aromatic carbocycles. The SMILES string of the molecule is O=C(C1CCN(C2CCN(c3nc4ccccc4o3)CC2)CC1)N1CCCCCC1. The van der Waals surface area contributed by atoms with Gasteiger partial charge in [-0.3, -0.25) is 4.79 Å². The number of carbonyl (C=O) groups is 1. The molecule has 1 aromatic heterocycles. The molecule has 2 aromatic rings. The number of benzene rings is 1. The van der Waals surface area contributed by atoms with Gasteiger partial charge in [-0.1, -0.05) is 25.0 Å². The van der Waals surface area contributed by atoms with Gasteiger partial charge < -0.3 is 19.1 Å². The molecule has 0 atom stereocenters. The molecule has 3 fully saturated rings. The van der Waals surface area contributed by atoms with E-state index in [0.29, 0.717) is 11.9 Å². The van der Waals surface area contributed by atoms with Gasteiger partial charge in [-0.05, 0) is 63.7 Å². The quantitative estimate of drug-likeness (QED) is 0.768. The first-order chi connectivity index (χ1) is 14.8. The Hall–Kier alpha value is -2.08. The molecular formula is C24H34N4O2. The molecule has 0 aliphatic carbocycles. The normalized spacial score (nSPS) is 23.1. The average molecular weight is 411 g/mol. The number of nitrogens with zero attached hydrogens (tertiary/aromatic N) is 4. The Bertz CT molecular complexity index is 809. The Labute approximate surface area is 179 Å². The van der Waals surface area contributed by atoms with Crippen molar-refractivity contribution in [2.24, 2.45) is 5.92 Å². The van der Waals surface area contributed by atoms with E-state index in [4.69, 9.17) is 4.42 Å². The molecule has 0 spiro atoms. The van der Waals surface area contributed by atoms with E-state index in [9.17, 15) is 4.79 Å². The largest absolute Gasteiger partial charge is 0.423 e. The highest BCUT2D eigenvalue weighted by Crippen LogP contribution is 2.29. The van der Waals surface area contributed by atoms with Gasteiger partial charge in [-0.25, -0.2) is 0 Å². The topological polar surface area (TPSA) is 52.8 Å². The van der Waals surface area contributed by atoms with Crippen LogP contribution >= 0.6 is 0 Å². The second-order valence-electron chi connectivity index (χ2n) is 9.23. The zero-order valence-corrected chi connectivity index (χ0v) is 18.0. The molecule has 5 rings (SSSR count). The number of carbonyl (C=O) groups excluding carboxylic acids is 1.